The molecule has 3 nitrogen and oxygen atoms in total. The number of fused-ring (bicyclic) bond motifs is 1. The third kappa shape index (κ3) is 2.40. The number of carbonyl (C=O) groups excluding carboxylic acids is 1. The van der Waals surface area contributed by atoms with Crippen molar-refractivity contribution in [2.75, 3.05) is 5.32 Å². The molecule has 0 saturated heterocycles. The molecular weight excluding hydrogens is 292 g/mol. The molecule has 0 bridgehead atoms. The van der Waals surface area contributed by atoms with Crippen molar-refractivity contribution in [2.45, 2.75) is 6.92 Å². The van der Waals surface area contributed by atoms with Gasteiger partial charge in [0.05, 0.1) is 11.2 Å². The fourth-order valence-corrected chi connectivity index (χ4v) is 3.33. The second-order valence-electron chi connectivity index (χ2n) is 4.48. The quantitative estimate of drug-likeness (QED) is 0.766. The lowest BCUT2D eigenvalue weighted by Crippen LogP contribution is -2.18. The Morgan fingerprint density at radius 3 is 2.75 bits per heavy atom. The summed E-state index contributed by atoms with van der Waals surface area (Å²) >= 11 is 7.68. The highest BCUT2D eigenvalue weighted by molar-refractivity contribution is 7.21. The van der Waals surface area contributed by atoms with Gasteiger partial charge in [-0.3, -0.25) is 0 Å². The van der Waals surface area contributed by atoms with Gasteiger partial charge >= 0.3 is 5.91 Å². The topological polar surface area (TPSA) is 43.2 Å². The maximum Gasteiger partial charge on any atom is 0.350 e. The number of aromatic amines is 1. The molecule has 0 saturated carbocycles. The molecule has 3 aromatic rings. The number of aryl methyl sites for hydroxylation is 1. The highest BCUT2D eigenvalue weighted by Gasteiger charge is 2.21. The first-order valence-electron chi connectivity index (χ1n) is 6.12. The van der Waals surface area contributed by atoms with Crippen LogP contribution in [-0.4, -0.2) is 5.91 Å². The molecule has 1 aromatic carbocycles. The highest BCUT2D eigenvalue weighted by atomic mass is 35.5. The lowest BCUT2D eigenvalue weighted by molar-refractivity contribution is -0.361. The molecule has 2 aromatic heterocycles. The number of halogens is 1. The zero-order chi connectivity index (χ0) is 14.1. The number of amides is 1. The summed E-state index contributed by atoms with van der Waals surface area (Å²) in [6.45, 7) is 1.98. The molecule has 0 fully saturated rings. The van der Waals surface area contributed by atoms with Crippen LogP contribution in [0.1, 0.15) is 15.2 Å². The first kappa shape index (κ1) is 13.1. The van der Waals surface area contributed by atoms with Crippen molar-refractivity contribution >= 4 is 44.7 Å². The van der Waals surface area contributed by atoms with E-state index in [4.69, 9.17) is 11.6 Å². The van der Waals surface area contributed by atoms with E-state index in [9.17, 15) is 4.79 Å². The summed E-state index contributed by atoms with van der Waals surface area (Å²) in [5.74, 6) is 0.449. The van der Waals surface area contributed by atoms with E-state index in [0.29, 0.717) is 15.7 Å². The Kier molecular flexibility index (Phi) is 3.42. The first-order valence-corrected chi connectivity index (χ1v) is 7.31. The van der Waals surface area contributed by atoms with Gasteiger partial charge in [0.25, 0.3) is 5.82 Å². The van der Waals surface area contributed by atoms with Gasteiger partial charge in [-0.15, -0.1) is 11.3 Å². The van der Waals surface area contributed by atoms with Crippen LogP contribution in [0.25, 0.3) is 10.1 Å². The Balaban J connectivity index is 1.92. The van der Waals surface area contributed by atoms with Crippen LogP contribution in [0, 0.1) is 6.92 Å². The first-order chi connectivity index (χ1) is 9.65. The van der Waals surface area contributed by atoms with Crippen LogP contribution in [0.2, 0.25) is 5.02 Å². The van der Waals surface area contributed by atoms with E-state index in [0.717, 1.165) is 15.6 Å². The fourth-order valence-electron chi connectivity index (χ4n) is 1.92. The van der Waals surface area contributed by atoms with Crippen molar-refractivity contribution in [3.05, 3.63) is 58.1 Å². The van der Waals surface area contributed by atoms with Gasteiger partial charge in [0.15, 0.2) is 0 Å². The number of benzene rings is 1. The Hall–Kier alpha value is -1.91. The zero-order valence-electron chi connectivity index (χ0n) is 10.7. The number of aromatic nitrogens is 1. The minimum atomic E-state index is -0.198. The van der Waals surface area contributed by atoms with Crippen molar-refractivity contribution in [1.29, 1.82) is 0 Å². The molecule has 2 heterocycles. The number of nitrogens with one attached hydrogen (secondary N) is 2. The number of anilines is 1. The molecule has 2 N–H and O–H groups in total. The van der Waals surface area contributed by atoms with Crippen molar-refractivity contribution in [1.82, 2.24) is 0 Å². The van der Waals surface area contributed by atoms with Crippen LogP contribution >= 0.6 is 22.9 Å². The predicted molar refractivity (Wildman–Crippen MR) is 82.5 cm³/mol. The maximum absolute atomic E-state index is 12.3. The molecule has 0 spiro atoms. The standard InChI is InChI=1S/C15H11ClN2OS/c1-9-6-7-12(17-8-9)18-15(19)14-13(16)10-4-2-3-5-11(10)20-14/h2-8H,1H3,(H,17,18,19)/p+1. The molecule has 0 unspecified atom stereocenters. The lowest BCUT2D eigenvalue weighted by atomic mass is 10.2. The summed E-state index contributed by atoms with van der Waals surface area (Å²) in [5.41, 5.74) is 1.10. The third-order valence-electron chi connectivity index (χ3n) is 2.96. The van der Waals surface area contributed by atoms with E-state index in [1.807, 2.05) is 49.5 Å². The van der Waals surface area contributed by atoms with Gasteiger partial charge in [0.1, 0.15) is 4.88 Å². The van der Waals surface area contributed by atoms with E-state index in [1.54, 1.807) is 0 Å². The van der Waals surface area contributed by atoms with Crippen LogP contribution in [0.15, 0.2) is 42.6 Å². The number of hydrogen-bond donors (Lipinski definition) is 1. The largest absolute Gasteiger partial charge is 0.350 e. The van der Waals surface area contributed by atoms with Crippen LogP contribution in [-0.2, 0) is 0 Å². The number of rotatable bonds is 2. The van der Waals surface area contributed by atoms with E-state index < -0.39 is 0 Å². The van der Waals surface area contributed by atoms with Gasteiger partial charge in [-0.2, -0.15) is 0 Å². The summed E-state index contributed by atoms with van der Waals surface area (Å²) in [7, 11) is 0. The van der Waals surface area contributed by atoms with Crippen LogP contribution < -0.4 is 10.3 Å². The molecule has 20 heavy (non-hydrogen) atoms. The van der Waals surface area contributed by atoms with Crippen LogP contribution in [0.5, 0.6) is 0 Å². The summed E-state index contributed by atoms with van der Waals surface area (Å²) in [6, 6.07) is 11.5. The minimum absolute atomic E-state index is 0.198. The number of thiophene rings is 1. The number of H-pyrrole nitrogens is 1. The number of hydrogen-bond acceptors (Lipinski definition) is 2. The molecule has 100 valence electrons. The molecule has 0 radical (unpaired) electrons. The summed E-state index contributed by atoms with van der Waals surface area (Å²) in [6.07, 6.45) is 1.84. The molecule has 0 atom stereocenters. The summed E-state index contributed by atoms with van der Waals surface area (Å²) < 4.78 is 1.01. The van der Waals surface area contributed by atoms with Gasteiger partial charge in [0.2, 0.25) is 0 Å². The van der Waals surface area contributed by atoms with E-state index >= 15 is 0 Å². The normalized spacial score (nSPS) is 10.7. The molecule has 0 aliphatic rings. The molecule has 5 heteroatoms. The molecule has 0 aliphatic carbocycles. The smallest absolute Gasteiger partial charge is 0.247 e. The Bertz CT molecular complexity index is 780. The SMILES string of the molecule is Cc1ccc(NC(=O)c2sc3ccccc3c2Cl)[nH+]c1. The Morgan fingerprint density at radius 1 is 1.25 bits per heavy atom. The van der Waals surface area contributed by atoms with Crippen molar-refractivity contribution in [2.24, 2.45) is 0 Å². The predicted octanol–water partition coefficient (Wildman–Crippen LogP) is 3.93. The molecule has 3 rings (SSSR count). The highest BCUT2D eigenvalue weighted by Crippen LogP contribution is 2.35. The van der Waals surface area contributed by atoms with E-state index in [1.165, 1.54) is 11.3 Å². The van der Waals surface area contributed by atoms with Crippen LogP contribution in [0.4, 0.5) is 5.82 Å². The Morgan fingerprint density at radius 2 is 2.05 bits per heavy atom. The van der Waals surface area contributed by atoms with Gasteiger partial charge in [-0.25, -0.2) is 15.1 Å². The van der Waals surface area contributed by atoms with E-state index in [2.05, 4.69) is 10.3 Å². The van der Waals surface area contributed by atoms with Gasteiger partial charge < -0.3 is 0 Å². The van der Waals surface area contributed by atoms with Crippen molar-refractivity contribution in [3.63, 3.8) is 0 Å². The van der Waals surface area contributed by atoms with Gasteiger partial charge in [-0.1, -0.05) is 29.8 Å². The molecule has 1 amide bonds. The minimum Gasteiger partial charge on any atom is -0.247 e. The number of carbonyl (C=O) groups is 1. The monoisotopic (exact) mass is 303 g/mol. The van der Waals surface area contributed by atoms with Crippen molar-refractivity contribution in [3.8, 4) is 0 Å². The average molecular weight is 304 g/mol. The van der Waals surface area contributed by atoms with Gasteiger partial charge in [0, 0.05) is 16.2 Å². The third-order valence-corrected chi connectivity index (χ3v) is 4.63. The average Bonchev–Trinajstić information content (AvgIpc) is 2.79. The molecule has 0 aliphatic heterocycles. The number of pyridine rings is 1. The zero-order valence-corrected chi connectivity index (χ0v) is 12.3. The van der Waals surface area contributed by atoms with Gasteiger partial charge in [-0.05, 0) is 24.6 Å². The second kappa shape index (κ2) is 5.23. The summed E-state index contributed by atoms with van der Waals surface area (Å²) in [5, 5.41) is 4.24. The summed E-state index contributed by atoms with van der Waals surface area (Å²) in [4.78, 5) is 15.8. The second-order valence-corrected chi connectivity index (χ2v) is 5.91. The van der Waals surface area contributed by atoms with Crippen molar-refractivity contribution < 1.29 is 9.78 Å². The Labute approximate surface area is 125 Å². The van der Waals surface area contributed by atoms with Crippen LogP contribution in [0.3, 0.4) is 0 Å². The van der Waals surface area contributed by atoms with E-state index in [-0.39, 0.29) is 5.91 Å². The lowest BCUT2D eigenvalue weighted by Gasteiger charge is -1.96. The maximum atomic E-state index is 12.3. The molecular formula is C15H12ClN2OS+. The fraction of sp³-hybridized carbons (Fsp3) is 0.0667.